The van der Waals surface area contributed by atoms with E-state index in [9.17, 15) is 0 Å². The quantitative estimate of drug-likeness (QED) is 0.819. The summed E-state index contributed by atoms with van der Waals surface area (Å²) in [6, 6.07) is 0. The Morgan fingerprint density at radius 2 is 2.19 bits per heavy atom. The Hall–Kier alpha value is -0.640. The average molecular weight is 240 g/mol. The van der Waals surface area contributed by atoms with Crippen molar-refractivity contribution < 1.29 is 4.74 Å². The lowest BCUT2D eigenvalue weighted by Crippen LogP contribution is -2.32. The molecule has 0 atom stereocenters. The Balaban J connectivity index is 1.91. The fraction of sp³-hybridized carbons (Fsp3) is 0.750. The summed E-state index contributed by atoms with van der Waals surface area (Å²) < 4.78 is 7.60. The van der Waals surface area contributed by atoms with Crippen molar-refractivity contribution in [3.05, 3.63) is 12.4 Å². The molecule has 1 aromatic heterocycles. The highest BCUT2D eigenvalue weighted by Gasteiger charge is 2.31. The molecule has 0 saturated heterocycles. The van der Waals surface area contributed by atoms with Gasteiger partial charge in [0.15, 0.2) is 5.75 Å². The maximum Gasteiger partial charge on any atom is 0.157 e. The van der Waals surface area contributed by atoms with Crippen LogP contribution in [0.2, 0.25) is 0 Å². The van der Waals surface area contributed by atoms with Gasteiger partial charge in [-0.2, -0.15) is 17.7 Å². The number of rotatable bonds is 4. The molecule has 0 aromatic carbocycles. The SMILES string of the molecule is Cn1cc(OCC2(CS)CCCCC2)cn1. The Kier molecular flexibility index (Phi) is 3.79. The minimum Gasteiger partial charge on any atom is -0.490 e. The van der Waals surface area contributed by atoms with E-state index in [0.29, 0.717) is 0 Å². The predicted molar refractivity (Wildman–Crippen MR) is 68.1 cm³/mol. The number of aromatic nitrogens is 2. The van der Waals surface area contributed by atoms with Crippen LogP contribution in [0.15, 0.2) is 12.4 Å². The van der Waals surface area contributed by atoms with E-state index in [1.807, 2.05) is 13.2 Å². The smallest absolute Gasteiger partial charge is 0.157 e. The van der Waals surface area contributed by atoms with Gasteiger partial charge in [-0.15, -0.1) is 0 Å². The van der Waals surface area contributed by atoms with Crippen LogP contribution in [0.3, 0.4) is 0 Å². The lowest BCUT2D eigenvalue weighted by molar-refractivity contribution is 0.121. The molecule has 0 amide bonds. The summed E-state index contributed by atoms with van der Waals surface area (Å²) in [7, 11) is 1.90. The monoisotopic (exact) mass is 240 g/mol. The van der Waals surface area contributed by atoms with E-state index in [-0.39, 0.29) is 5.41 Å². The first kappa shape index (κ1) is 11.8. The van der Waals surface area contributed by atoms with E-state index < -0.39 is 0 Å². The van der Waals surface area contributed by atoms with Crippen molar-refractivity contribution in [1.29, 1.82) is 0 Å². The summed E-state index contributed by atoms with van der Waals surface area (Å²) in [4.78, 5) is 0. The highest BCUT2D eigenvalue weighted by Crippen LogP contribution is 2.37. The van der Waals surface area contributed by atoms with Crippen molar-refractivity contribution in [2.75, 3.05) is 12.4 Å². The van der Waals surface area contributed by atoms with Gasteiger partial charge in [0, 0.05) is 12.5 Å². The normalized spacial score (nSPS) is 19.6. The molecule has 1 fully saturated rings. The molecule has 0 unspecified atom stereocenters. The fourth-order valence-corrected chi connectivity index (χ4v) is 2.77. The Morgan fingerprint density at radius 1 is 1.44 bits per heavy atom. The van der Waals surface area contributed by atoms with Crippen molar-refractivity contribution in [2.45, 2.75) is 32.1 Å². The third-order valence-electron chi connectivity index (χ3n) is 3.48. The maximum atomic E-state index is 5.83. The zero-order valence-electron chi connectivity index (χ0n) is 9.85. The van der Waals surface area contributed by atoms with Crippen LogP contribution in [-0.2, 0) is 7.05 Å². The van der Waals surface area contributed by atoms with Gasteiger partial charge in [-0.1, -0.05) is 19.3 Å². The number of nitrogens with zero attached hydrogens (tertiary/aromatic N) is 2. The van der Waals surface area contributed by atoms with Gasteiger partial charge in [-0.05, 0) is 18.6 Å². The zero-order chi connectivity index (χ0) is 11.4. The highest BCUT2D eigenvalue weighted by atomic mass is 32.1. The molecule has 1 aliphatic carbocycles. The second kappa shape index (κ2) is 5.13. The van der Waals surface area contributed by atoms with Gasteiger partial charge in [-0.3, -0.25) is 4.68 Å². The minimum atomic E-state index is 0.289. The molecule has 2 rings (SSSR count). The van der Waals surface area contributed by atoms with Gasteiger partial charge in [0.05, 0.1) is 19.0 Å². The van der Waals surface area contributed by atoms with Crippen LogP contribution < -0.4 is 4.74 Å². The summed E-state index contributed by atoms with van der Waals surface area (Å²) >= 11 is 4.50. The molecular formula is C12H20N2OS. The van der Waals surface area contributed by atoms with E-state index in [1.165, 1.54) is 32.1 Å². The second-order valence-corrected chi connectivity index (χ2v) is 5.17. The molecule has 0 bridgehead atoms. The summed E-state index contributed by atoms with van der Waals surface area (Å²) in [6.07, 6.45) is 10.2. The molecule has 1 aromatic rings. The van der Waals surface area contributed by atoms with Gasteiger partial charge < -0.3 is 4.74 Å². The van der Waals surface area contributed by atoms with Crippen molar-refractivity contribution in [2.24, 2.45) is 12.5 Å². The molecule has 1 aliphatic rings. The third-order valence-corrected chi connectivity index (χ3v) is 4.15. The molecule has 1 heterocycles. The second-order valence-electron chi connectivity index (χ2n) is 4.86. The van der Waals surface area contributed by atoms with Crippen LogP contribution in [0.25, 0.3) is 0 Å². The number of ether oxygens (including phenoxy) is 1. The molecule has 0 N–H and O–H groups in total. The Labute approximate surface area is 103 Å². The summed E-state index contributed by atoms with van der Waals surface area (Å²) in [5.41, 5.74) is 0.289. The van der Waals surface area contributed by atoms with E-state index >= 15 is 0 Å². The number of hydrogen-bond donors (Lipinski definition) is 1. The Bertz CT molecular complexity index is 332. The third kappa shape index (κ3) is 2.73. The number of aryl methyl sites for hydroxylation is 1. The van der Waals surface area contributed by atoms with Gasteiger partial charge in [0.2, 0.25) is 0 Å². The molecule has 0 aliphatic heterocycles. The zero-order valence-corrected chi connectivity index (χ0v) is 10.7. The summed E-state index contributed by atoms with van der Waals surface area (Å²) in [5, 5.41) is 4.10. The van der Waals surface area contributed by atoms with Gasteiger partial charge in [-0.25, -0.2) is 0 Å². The summed E-state index contributed by atoms with van der Waals surface area (Å²) in [6.45, 7) is 0.780. The lowest BCUT2D eigenvalue weighted by Gasteiger charge is -2.35. The van der Waals surface area contributed by atoms with Crippen molar-refractivity contribution in [3.8, 4) is 5.75 Å². The molecule has 0 spiro atoms. The fourth-order valence-electron chi connectivity index (χ4n) is 2.36. The van der Waals surface area contributed by atoms with E-state index in [0.717, 1.165) is 18.1 Å². The van der Waals surface area contributed by atoms with E-state index in [2.05, 4.69) is 17.7 Å². The van der Waals surface area contributed by atoms with Crippen LogP contribution in [0.5, 0.6) is 5.75 Å². The van der Waals surface area contributed by atoms with Crippen molar-refractivity contribution >= 4 is 12.6 Å². The van der Waals surface area contributed by atoms with Gasteiger partial charge >= 0.3 is 0 Å². The number of hydrogen-bond acceptors (Lipinski definition) is 3. The highest BCUT2D eigenvalue weighted by molar-refractivity contribution is 7.80. The Morgan fingerprint density at radius 3 is 2.75 bits per heavy atom. The molecule has 90 valence electrons. The summed E-state index contributed by atoms with van der Waals surface area (Å²) in [5.74, 6) is 1.79. The molecule has 1 saturated carbocycles. The molecule has 16 heavy (non-hydrogen) atoms. The first-order chi connectivity index (χ1) is 7.74. The topological polar surface area (TPSA) is 27.1 Å². The van der Waals surface area contributed by atoms with Crippen LogP contribution in [0.1, 0.15) is 32.1 Å². The minimum absolute atomic E-state index is 0.289. The number of thiol groups is 1. The van der Waals surface area contributed by atoms with Crippen LogP contribution in [0.4, 0.5) is 0 Å². The maximum absolute atomic E-state index is 5.83. The largest absolute Gasteiger partial charge is 0.490 e. The average Bonchev–Trinajstić information content (AvgIpc) is 2.74. The van der Waals surface area contributed by atoms with Crippen LogP contribution in [0, 0.1) is 5.41 Å². The molecular weight excluding hydrogens is 220 g/mol. The lowest BCUT2D eigenvalue weighted by atomic mass is 9.76. The van der Waals surface area contributed by atoms with Crippen LogP contribution >= 0.6 is 12.6 Å². The standard InChI is InChI=1S/C12H20N2OS/c1-14-8-11(7-13-14)15-9-12(10-16)5-3-2-4-6-12/h7-8,16H,2-6,9-10H2,1H3. The molecule has 4 heteroatoms. The first-order valence-corrected chi connectivity index (χ1v) is 6.60. The van der Waals surface area contributed by atoms with E-state index in [4.69, 9.17) is 4.74 Å². The van der Waals surface area contributed by atoms with E-state index in [1.54, 1.807) is 10.9 Å². The predicted octanol–water partition coefficient (Wildman–Crippen LogP) is 2.68. The van der Waals surface area contributed by atoms with Crippen molar-refractivity contribution in [1.82, 2.24) is 9.78 Å². The first-order valence-electron chi connectivity index (χ1n) is 5.96. The van der Waals surface area contributed by atoms with Gasteiger partial charge in [0.1, 0.15) is 0 Å². The van der Waals surface area contributed by atoms with Crippen molar-refractivity contribution in [3.63, 3.8) is 0 Å². The molecule has 0 radical (unpaired) electrons. The van der Waals surface area contributed by atoms with Gasteiger partial charge in [0.25, 0.3) is 0 Å². The van der Waals surface area contributed by atoms with Crippen LogP contribution in [-0.4, -0.2) is 22.1 Å². The molecule has 3 nitrogen and oxygen atoms in total.